The Labute approximate surface area is 136 Å². The van der Waals surface area contributed by atoms with Crippen LogP contribution < -0.4 is 10.6 Å². The molecule has 2 N–H and O–H groups in total. The number of rotatable bonds is 6. The van der Waals surface area contributed by atoms with E-state index in [1.54, 1.807) is 18.2 Å². The summed E-state index contributed by atoms with van der Waals surface area (Å²) in [5, 5.41) is 6.71. The van der Waals surface area contributed by atoms with E-state index in [-0.39, 0.29) is 18.5 Å². The van der Waals surface area contributed by atoms with E-state index in [2.05, 4.69) is 17.2 Å². The molecule has 0 fully saturated rings. The summed E-state index contributed by atoms with van der Waals surface area (Å²) < 4.78 is 0. The first-order valence-electron chi connectivity index (χ1n) is 7.10. The molecule has 0 spiro atoms. The number of hydrogen-bond donors (Lipinski definition) is 2. The maximum absolute atomic E-state index is 12.0. The zero-order valence-electron chi connectivity index (χ0n) is 12.5. The largest absolute Gasteiger partial charge is 0.376 e. The number of amides is 1. The van der Waals surface area contributed by atoms with E-state index in [4.69, 9.17) is 11.6 Å². The van der Waals surface area contributed by atoms with Gasteiger partial charge in [0.25, 0.3) is 0 Å². The Kier molecular flexibility index (Phi) is 5.61. The third-order valence-electron chi connectivity index (χ3n) is 3.35. The Morgan fingerprint density at radius 1 is 1.27 bits per heavy atom. The molecule has 0 saturated carbocycles. The second-order valence-electron chi connectivity index (χ2n) is 4.99. The normalized spacial score (nSPS) is 11.5. The first-order valence-corrected chi connectivity index (χ1v) is 7.48. The van der Waals surface area contributed by atoms with Gasteiger partial charge in [0.2, 0.25) is 5.91 Å². The Morgan fingerprint density at radius 2 is 2.00 bits per heavy atom. The van der Waals surface area contributed by atoms with Crippen molar-refractivity contribution in [1.82, 2.24) is 5.32 Å². The topological polar surface area (TPSA) is 41.1 Å². The fourth-order valence-electron chi connectivity index (χ4n) is 2.16. The van der Waals surface area contributed by atoms with Crippen LogP contribution in [0.3, 0.4) is 0 Å². The first kappa shape index (κ1) is 16.1. The maximum Gasteiger partial charge on any atom is 0.239 e. The molecule has 0 aliphatic heterocycles. The van der Waals surface area contributed by atoms with Gasteiger partial charge in [-0.15, -0.1) is 0 Å². The molecular weight excluding hydrogens is 296 g/mol. The van der Waals surface area contributed by atoms with Gasteiger partial charge in [0.1, 0.15) is 0 Å². The molecule has 1 atom stereocenters. The molecule has 0 radical (unpaired) electrons. The molecule has 114 valence electrons. The minimum absolute atomic E-state index is 0.0282. The fourth-order valence-corrected chi connectivity index (χ4v) is 2.34. The Bertz CT molecular complexity index is 655. The molecule has 0 saturated heterocycles. The van der Waals surface area contributed by atoms with Gasteiger partial charge in [0, 0.05) is 10.7 Å². The van der Waals surface area contributed by atoms with E-state index >= 15 is 0 Å². The van der Waals surface area contributed by atoms with Crippen molar-refractivity contribution in [3.05, 3.63) is 71.3 Å². The number of carbonyl (C=O) groups excluding carboxylic acids is 1. The molecule has 2 rings (SSSR count). The second kappa shape index (κ2) is 7.66. The van der Waals surface area contributed by atoms with Crippen LogP contribution in [0.25, 0.3) is 6.08 Å². The number of hydrogen-bond acceptors (Lipinski definition) is 2. The first-order chi connectivity index (χ1) is 10.6. The van der Waals surface area contributed by atoms with Crippen LogP contribution in [0.1, 0.15) is 24.1 Å². The minimum atomic E-state index is -0.0682. The van der Waals surface area contributed by atoms with Crippen LogP contribution in [-0.4, -0.2) is 12.5 Å². The summed E-state index contributed by atoms with van der Waals surface area (Å²) in [4.78, 5) is 12.0. The van der Waals surface area contributed by atoms with Gasteiger partial charge in [-0.05, 0) is 36.2 Å². The molecule has 0 heterocycles. The third-order valence-corrected chi connectivity index (χ3v) is 3.59. The van der Waals surface area contributed by atoms with Gasteiger partial charge < -0.3 is 10.6 Å². The van der Waals surface area contributed by atoms with Crippen LogP contribution in [0.2, 0.25) is 5.02 Å². The smallest absolute Gasteiger partial charge is 0.239 e. The summed E-state index contributed by atoms with van der Waals surface area (Å²) >= 11 is 5.94. The van der Waals surface area contributed by atoms with E-state index < -0.39 is 0 Å². The van der Waals surface area contributed by atoms with Crippen LogP contribution in [0.4, 0.5) is 5.69 Å². The lowest BCUT2D eigenvalue weighted by molar-refractivity contribution is -0.120. The summed E-state index contributed by atoms with van der Waals surface area (Å²) in [6.45, 7) is 5.91. The highest BCUT2D eigenvalue weighted by Gasteiger charge is 2.09. The van der Waals surface area contributed by atoms with E-state index in [0.717, 1.165) is 16.8 Å². The summed E-state index contributed by atoms with van der Waals surface area (Å²) in [5.74, 6) is -0.0682. The highest BCUT2D eigenvalue weighted by molar-refractivity contribution is 6.30. The van der Waals surface area contributed by atoms with Crippen molar-refractivity contribution in [2.45, 2.75) is 13.0 Å². The van der Waals surface area contributed by atoms with E-state index in [0.29, 0.717) is 5.02 Å². The summed E-state index contributed by atoms with van der Waals surface area (Å²) in [7, 11) is 0. The Hall–Kier alpha value is -2.26. The van der Waals surface area contributed by atoms with Crippen LogP contribution in [0.5, 0.6) is 0 Å². The second-order valence-corrected chi connectivity index (χ2v) is 5.43. The maximum atomic E-state index is 12.0. The van der Waals surface area contributed by atoms with Crippen molar-refractivity contribution < 1.29 is 4.79 Å². The zero-order chi connectivity index (χ0) is 15.9. The molecule has 0 aliphatic rings. The Balaban J connectivity index is 1.92. The average molecular weight is 315 g/mol. The number of benzene rings is 2. The molecule has 2 aromatic carbocycles. The molecule has 0 bridgehead atoms. The van der Waals surface area contributed by atoms with Gasteiger partial charge in [-0.1, -0.05) is 54.6 Å². The van der Waals surface area contributed by atoms with Crippen molar-refractivity contribution in [2.24, 2.45) is 0 Å². The monoisotopic (exact) mass is 314 g/mol. The van der Waals surface area contributed by atoms with Crippen LogP contribution in [0.15, 0.2) is 55.1 Å². The molecular formula is C18H19ClN2O. The lowest BCUT2D eigenvalue weighted by atomic mass is 10.1. The molecule has 1 amide bonds. The molecule has 0 aliphatic carbocycles. The van der Waals surface area contributed by atoms with Crippen molar-refractivity contribution in [3.8, 4) is 0 Å². The SMILES string of the molecule is C=Cc1cc(Cl)ccc1NCC(=O)NC(C)c1ccccc1. The summed E-state index contributed by atoms with van der Waals surface area (Å²) in [6, 6.07) is 15.3. The highest BCUT2D eigenvalue weighted by Crippen LogP contribution is 2.21. The fraction of sp³-hybridized carbons (Fsp3) is 0.167. The van der Waals surface area contributed by atoms with Gasteiger partial charge in [0.15, 0.2) is 0 Å². The lowest BCUT2D eigenvalue weighted by Crippen LogP contribution is -2.32. The van der Waals surface area contributed by atoms with Gasteiger partial charge >= 0.3 is 0 Å². The highest BCUT2D eigenvalue weighted by atomic mass is 35.5. The van der Waals surface area contributed by atoms with Crippen molar-refractivity contribution in [3.63, 3.8) is 0 Å². The van der Waals surface area contributed by atoms with Crippen LogP contribution in [0, 0.1) is 0 Å². The Morgan fingerprint density at radius 3 is 2.68 bits per heavy atom. The molecule has 3 nitrogen and oxygen atoms in total. The molecule has 1 unspecified atom stereocenters. The number of halogens is 1. The average Bonchev–Trinajstić information content (AvgIpc) is 2.54. The van der Waals surface area contributed by atoms with Gasteiger partial charge in [-0.2, -0.15) is 0 Å². The van der Waals surface area contributed by atoms with E-state index in [1.165, 1.54) is 0 Å². The van der Waals surface area contributed by atoms with E-state index in [9.17, 15) is 4.79 Å². The number of nitrogens with one attached hydrogen (secondary N) is 2. The summed E-state index contributed by atoms with van der Waals surface area (Å²) in [5.41, 5.74) is 2.78. The van der Waals surface area contributed by atoms with Gasteiger partial charge in [0.05, 0.1) is 12.6 Å². The number of carbonyl (C=O) groups is 1. The van der Waals surface area contributed by atoms with Crippen LogP contribution in [-0.2, 0) is 4.79 Å². The molecule has 2 aromatic rings. The predicted molar refractivity (Wildman–Crippen MR) is 93.0 cm³/mol. The lowest BCUT2D eigenvalue weighted by Gasteiger charge is -2.15. The standard InChI is InChI=1S/C18H19ClN2O/c1-3-14-11-16(19)9-10-17(14)20-12-18(22)21-13(2)15-7-5-4-6-8-15/h3-11,13,20H,1,12H2,2H3,(H,21,22). The minimum Gasteiger partial charge on any atom is -0.376 e. The quantitative estimate of drug-likeness (QED) is 0.836. The van der Waals surface area contributed by atoms with Gasteiger partial charge in [-0.25, -0.2) is 0 Å². The van der Waals surface area contributed by atoms with E-state index in [1.807, 2.05) is 43.3 Å². The van der Waals surface area contributed by atoms with Crippen LogP contribution >= 0.6 is 11.6 Å². The predicted octanol–water partition coefficient (Wildman–Crippen LogP) is 4.27. The number of anilines is 1. The molecule has 0 aromatic heterocycles. The van der Waals surface area contributed by atoms with Crippen molar-refractivity contribution in [1.29, 1.82) is 0 Å². The van der Waals surface area contributed by atoms with Gasteiger partial charge in [-0.3, -0.25) is 4.79 Å². The molecule has 22 heavy (non-hydrogen) atoms. The van der Waals surface area contributed by atoms with Crippen molar-refractivity contribution in [2.75, 3.05) is 11.9 Å². The zero-order valence-corrected chi connectivity index (χ0v) is 13.2. The van der Waals surface area contributed by atoms with Crippen molar-refractivity contribution >= 4 is 29.3 Å². The third kappa shape index (κ3) is 4.37. The molecule has 4 heteroatoms. The summed E-state index contributed by atoms with van der Waals surface area (Å²) in [6.07, 6.45) is 1.71.